The molecule has 2 N–H and O–H groups in total. The van der Waals surface area contributed by atoms with Crippen LogP contribution < -0.4 is 10.6 Å². The normalized spacial score (nSPS) is 10.3. The molecule has 2 rings (SSSR count). The lowest BCUT2D eigenvalue weighted by Gasteiger charge is -2.09. The van der Waals surface area contributed by atoms with Gasteiger partial charge in [-0.3, -0.25) is 19.9 Å². The van der Waals surface area contributed by atoms with E-state index >= 15 is 0 Å². The fourth-order valence-corrected chi connectivity index (χ4v) is 2.08. The highest BCUT2D eigenvalue weighted by atomic mass is 16.6. The van der Waals surface area contributed by atoms with Crippen molar-refractivity contribution in [1.29, 1.82) is 0 Å². The quantitative estimate of drug-likeness (QED) is 0.626. The molecule has 21 heavy (non-hydrogen) atoms. The molecule has 2 aromatic rings. The summed E-state index contributed by atoms with van der Waals surface area (Å²) in [6.07, 6.45) is 3.44. The largest absolute Gasteiger partial charge is 0.384 e. The van der Waals surface area contributed by atoms with Gasteiger partial charge in [-0.15, -0.1) is 0 Å². The number of anilines is 1. The molecule has 0 bridgehead atoms. The van der Waals surface area contributed by atoms with Gasteiger partial charge in [-0.25, -0.2) is 0 Å². The molecule has 1 heterocycles. The summed E-state index contributed by atoms with van der Waals surface area (Å²) in [7, 11) is 0. The molecule has 0 aliphatic rings. The number of hydrogen-bond donors (Lipinski definition) is 2. The molecule has 0 unspecified atom stereocenters. The molecule has 0 saturated heterocycles. The molecule has 7 heteroatoms. The second-order valence-corrected chi connectivity index (χ2v) is 4.44. The van der Waals surface area contributed by atoms with Gasteiger partial charge < -0.3 is 10.6 Å². The van der Waals surface area contributed by atoms with E-state index < -0.39 is 4.92 Å². The lowest BCUT2D eigenvalue weighted by molar-refractivity contribution is -0.383. The van der Waals surface area contributed by atoms with Crippen LogP contribution in [0, 0.1) is 10.1 Å². The van der Waals surface area contributed by atoms with Gasteiger partial charge in [0.25, 0.3) is 5.69 Å². The number of amides is 1. The summed E-state index contributed by atoms with van der Waals surface area (Å²) in [4.78, 5) is 26.0. The number of pyridine rings is 1. The summed E-state index contributed by atoms with van der Waals surface area (Å²) in [5.41, 5.74) is 0.773. The van der Waals surface area contributed by atoms with Gasteiger partial charge in [-0.1, -0.05) is 0 Å². The monoisotopic (exact) mass is 288 g/mol. The Bertz CT molecular complexity index is 672. The number of nitrogens with one attached hydrogen (secondary N) is 2. The number of carbonyl (C=O) groups is 1. The van der Waals surface area contributed by atoms with Gasteiger partial charge in [-0.2, -0.15) is 0 Å². The zero-order valence-corrected chi connectivity index (χ0v) is 11.6. The van der Waals surface area contributed by atoms with Crippen LogP contribution in [0.1, 0.15) is 13.3 Å². The zero-order chi connectivity index (χ0) is 15.2. The van der Waals surface area contributed by atoms with Crippen LogP contribution in [0.15, 0.2) is 30.6 Å². The van der Waals surface area contributed by atoms with Crippen molar-refractivity contribution in [3.63, 3.8) is 0 Å². The Balaban J connectivity index is 2.20. The van der Waals surface area contributed by atoms with Crippen LogP contribution in [-0.4, -0.2) is 28.9 Å². The van der Waals surface area contributed by atoms with Crippen LogP contribution in [-0.2, 0) is 4.79 Å². The van der Waals surface area contributed by atoms with Crippen molar-refractivity contribution in [2.24, 2.45) is 0 Å². The predicted octanol–water partition coefficient (Wildman–Crippen LogP) is 2.08. The van der Waals surface area contributed by atoms with Crippen LogP contribution in [0.3, 0.4) is 0 Å². The van der Waals surface area contributed by atoms with E-state index in [1.54, 1.807) is 18.3 Å². The van der Waals surface area contributed by atoms with E-state index in [1.165, 1.54) is 12.3 Å². The van der Waals surface area contributed by atoms with Crippen molar-refractivity contribution in [2.45, 2.75) is 13.3 Å². The molecule has 1 aromatic heterocycles. The summed E-state index contributed by atoms with van der Waals surface area (Å²) in [5, 5.41) is 18.0. The van der Waals surface area contributed by atoms with Crippen molar-refractivity contribution in [3.05, 3.63) is 40.7 Å². The van der Waals surface area contributed by atoms with Crippen LogP contribution in [0.4, 0.5) is 11.4 Å². The Labute approximate surface area is 121 Å². The summed E-state index contributed by atoms with van der Waals surface area (Å²) in [5.74, 6) is -0.0330. The van der Waals surface area contributed by atoms with Gasteiger partial charge in [0.2, 0.25) is 5.91 Å². The first-order chi connectivity index (χ1) is 10.1. The summed E-state index contributed by atoms with van der Waals surface area (Å²) in [6, 6.07) is 4.71. The van der Waals surface area contributed by atoms with E-state index in [0.717, 1.165) is 5.69 Å². The molecule has 0 saturated carbocycles. The van der Waals surface area contributed by atoms with E-state index in [4.69, 9.17) is 0 Å². The maximum absolute atomic E-state index is 11.4. The molecule has 7 nitrogen and oxygen atoms in total. The minimum atomic E-state index is -0.416. The maximum Gasteiger partial charge on any atom is 0.277 e. The Morgan fingerprint density at radius 2 is 2.14 bits per heavy atom. The standard InChI is InChI=1S/C14H16N4O3/c1-2-16-14(19)6-8-17-12-3-4-13(18(20)21)10-5-7-15-9-11(10)12/h3-5,7,9,17H,2,6,8H2,1H3,(H,16,19). The van der Waals surface area contributed by atoms with Gasteiger partial charge in [0.1, 0.15) is 0 Å². The topological polar surface area (TPSA) is 97.2 Å². The van der Waals surface area contributed by atoms with Gasteiger partial charge in [0, 0.05) is 49.0 Å². The number of nitro benzene ring substituents is 1. The summed E-state index contributed by atoms with van der Waals surface area (Å²) < 4.78 is 0. The van der Waals surface area contributed by atoms with E-state index in [-0.39, 0.29) is 11.6 Å². The summed E-state index contributed by atoms with van der Waals surface area (Å²) >= 11 is 0. The van der Waals surface area contributed by atoms with Crippen molar-refractivity contribution in [2.75, 3.05) is 18.4 Å². The number of aromatic nitrogens is 1. The number of nitro groups is 1. The molecule has 110 valence electrons. The minimum absolute atomic E-state index is 0.0330. The Hall–Kier alpha value is -2.70. The molecule has 0 radical (unpaired) electrons. The zero-order valence-electron chi connectivity index (χ0n) is 11.6. The highest BCUT2D eigenvalue weighted by molar-refractivity contribution is 5.99. The van der Waals surface area contributed by atoms with Crippen molar-refractivity contribution < 1.29 is 9.72 Å². The highest BCUT2D eigenvalue weighted by Gasteiger charge is 2.14. The average molecular weight is 288 g/mol. The molecule has 0 aliphatic heterocycles. The fourth-order valence-electron chi connectivity index (χ4n) is 2.08. The van der Waals surface area contributed by atoms with Crippen LogP contribution in [0.25, 0.3) is 10.8 Å². The first-order valence-electron chi connectivity index (χ1n) is 6.65. The number of benzene rings is 1. The number of non-ortho nitro benzene ring substituents is 1. The highest BCUT2D eigenvalue weighted by Crippen LogP contribution is 2.30. The fraction of sp³-hybridized carbons (Fsp3) is 0.286. The molecule has 0 atom stereocenters. The Morgan fingerprint density at radius 1 is 1.33 bits per heavy atom. The van der Waals surface area contributed by atoms with Crippen molar-refractivity contribution >= 4 is 28.1 Å². The van der Waals surface area contributed by atoms with Crippen molar-refractivity contribution in [1.82, 2.24) is 10.3 Å². The van der Waals surface area contributed by atoms with Crippen molar-refractivity contribution in [3.8, 4) is 0 Å². The third-order valence-corrected chi connectivity index (χ3v) is 3.03. The van der Waals surface area contributed by atoms with Crippen LogP contribution >= 0.6 is 0 Å². The van der Waals surface area contributed by atoms with Gasteiger partial charge in [-0.05, 0) is 19.1 Å². The van der Waals surface area contributed by atoms with Crippen LogP contribution in [0.5, 0.6) is 0 Å². The smallest absolute Gasteiger partial charge is 0.277 e. The molecular weight excluding hydrogens is 272 g/mol. The number of fused-ring (bicyclic) bond motifs is 1. The Kier molecular flexibility index (Phi) is 4.65. The van der Waals surface area contributed by atoms with Crippen LogP contribution in [0.2, 0.25) is 0 Å². The molecule has 0 aliphatic carbocycles. The first kappa shape index (κ1) is 14.7. The number of hydrogen-bond acceptors (Lipinski definition) is 5. The van der Waals surface area contributed by atoms with E-state index in [0.29, 0.717) is 30.3 Å². The van der Waals surface area contributed by atoms with E-state index in [2.05, 4.69) is 15.6 Å². The molecule has 0 fully saturated rings. The number of rotatable bonds is 6. The molecular formula is C14H16N4O3. The molecule has 1 amide bonds. The SMILES string of the molecule is CCNC(=O)CCNc1ccc([N+](=O)[O-])c2ccncc12. The predicted molar refractivity (Wildman–Crippen MR) is 80.2 cm³/mol. The van der Waals surface area contributed by atoms with E-state index in [1.807, 2.05) is 6.92 Å². The maximum atomic E-state index is 11.4. The second-order valence-electron chi connectivity index (χ2n) is 4.44. The third kappa shape index (κ3) is 3.44. The van der Waals surface area contributed by atoms with E-state index in [9.17, 15) is 14.9 Å². The molecule has 0 spiro atoms. The van der Waals surface area contributed by atoms with Gasteiger partial charge in [0.15, 0.2) is 0 Å². The number of carbonyl (C=O) groups excluding carboxylic acids is 1. The summed E-state index contributed by atoms with van der Waals surface area (Å²) in [6.45, 7) is 2.91. The second kappa shape index (κ2) is 6.65. The Morgan fingerprint density at radius 3 is 2.86 bits per heavy atom. The minimum Gasteiger partial charge on any atom is -0.384 e. The van der Waals surface area contributed by atoms with Gasteiger partial charge >= 0.3 is 0 Å². The molecule has 1 aromatic carbocycles. The average Bonchev–Trinajstić information content (AvgIpc) is 2.47. The number of nitrogens with zero attached hydrogens (tertiary/aromatic N) is 2. The first-order valence-corrected chi connectivity index (χ1v) is 6.65. The lowest BCUT2D eigenvalue weighted by Crippen LogP contribution is -2.24. The third-order valence-electron chi connectivity index (χ3n) is 3.03. The van der Waals surface area contributed by atoms with Gasteiger partial charge in [0.05, 0.1) is 10.3 Å². The lowest BCUT2D eigenvalue weighted by atomic mass is 10.1.